The minimum absolute atomic E-state index is 0. The number of rotatable bonds is 8. The van der Waals surface area contributed by atoms with Crippen LogP contribution in [0.1, 0.15) is 32.3 Å². The van der Waals surface area contributed by atoms with Crippen molar-refractivity contribution in [1.29, 1.82) is 0 Å². The van der Waals surface area contributed by atoms with Gasteiger partial charge in [0.25, 0.3) is 11.8 Å². The molecule has 38 heavy (non-hydrogen) atoms. The van der Waals surface area contributed by atoms with Crippen molar-refractivity contribution in [2.75, 3.05) is 10.3 Å². The van der Waals surface area contributed by atoms with Gasteiger partial charge in [-0.3, -0.25) is 14.4 Å². The van der Waals surface area contributed by atoms with Crippen molar-refractivity contribution in [1.82, 2.24) is 5.43 Å². The van der Waals surface area contributed by atoms with Gasteiger partial charge in [-0.05, 0) is 36.6 Å². The lowest BCUT2D eigenvalue weighted by atomic mass is 9.96. The third-order valence-corrected chi connectivity index (χ3v) is 5.87. The van der Waals surface area contributed by atoms with Gasteiger partial charge in [-0.15, -0.1) is 0 Å². The Kier molecular flexibility index (Phi) is 9.61. The molecule has 1 aromatic heterocycles. The number of carbonyl (C=O) groups excluding carboxylic acids is 3. The van der Waals surface area contributed by atoms with Gasteiger partial charge in [0.15, 0.2) is 12.4 Å². The van der Waals surface area contributed by atoms with Crippen LogP contribution in [0.25, 0.3) is 0 Å². The summed E-state index contributed by atoms with van der Waals surface area (Å²) in [5, 5.41) is 12.7. The molecule has 0 saturated carbocycles. The monoisotopic (exact) mass is 576 g/mol. The first-order chi connectivity index (χ1) is 17.8. The highest BCUT2D eigenvalue weighted by atomic mass is 79.9. The molecule has 0 bridgehead atoms. The molecule has 0 spiro atoms. The van der Waals surface area contributed by atoms with E-state index in [1.165, 1.54) is 5.01 Å². The van der Waals surface area contributed by atoms with Gasteiger partial charge in [-0.2, -0.15) is 19.8 Å². The van der Waals surface area contributed by atoms with Gasteiger partial charge >= 0.3 is 5.91 Å². The van der Waals surface area contributed by atoms with E-state index in [0.29, 0.717) is 17.1 Å². The summed E-state index contributed by atoms with van der Waals surface area (Å²) in [7, 11) is 0. The fourth-order valence-electron chi connectivity index (χ4n) is 4.05. The molecular formula is C28H29BrN6O3. The standard InChI is InChI=1S/C28H28N6O3.BrH/c1-19(2)22-14-8-9-15-23(22)29-27(36)26(31-30-24(35)18-33-16-10-5-11-17-33)25-20(3)32-34(28(25)37)21-12-6-4-7-13-21;/h4-17,19,25H,18H2,1-3H3,(H-,29,30,35,36);1H. The highest BCUT2D eigenvalue weighted by molar-refractivity contribution is 6.52. The number of carbonyl (C=O) groups is 3. The molecule has 0 aliphatic carbocycles. The molecule has 2 heterocycles. The Balaban J connectivity index is 0.00000400. The van der Waals surface area contributed by atoms with E-state index < -0.39 is 23.6 Å². The van der Waals surface area contributed by atoms with Crippen molar-refractivity contribution in [3.8, 4) is 0 Å². The Hall–Kier alpha value is -4.18. The zero-order chi connectivity index (χ0) is 26.4. The Morgan fingerprint density at radius 3 is 2.32 bits per heavy atom. The summed E-state index contributed by atoms with van der Waals surface area (Å²) in [4.78, 5) is 39.6. The van der Waals surface area contributed by atoms with Gasteiger partial charge < -0.3 is 22.3 Å². The van der Waals surface area contributed by atoms with Crippen LogP contribution in [0.4, 0.5) is 11.4 Å². The summed E-state index contributed by atoms with van der Waals surface area (Å²) in [6, 6.07) is 21.8. The molecule has 3 amide bonds. The first-order valence-electron chi connectivity index (χ1n) is 12.0. The first kappa shape index (κ1) is 28.4. The van der Waals surface area contributed by atoms with Crippen LogP contribution in [0.5, 0.6) is 0 Å². The van der Waals surface area contributed by atoms with Gasteiger partial charge in [-0.1, -0.05) is 56.3 Å². The summed E-state index contributed by atoms with van der Waals surface area (Å²) in [5.74, 6) is -2.37. The van der Waals surface area contributed by atoms with E-state index >= 15 is 0 Å². The molecule has 3 aromatic rings. The molecule has 2 aromatic carbocycles. The van der Waals surface area contributed by atoms with E-state index in [0.717, 1.165) is 5.56 Å². The predicted octanol–water partition coefficient (Wildman–Crippen LogP) is 0.251. The molecule has 0 saturated heterocycles. The van der Waals surface area contributed by atoms with E-state index in [2.05, 4.69) is 20.9 Å². The van der Waals surface area contributed by atoms with E-state index in [4.69, 9.17) is 0 Å². The summed E-state index contributed by atoms with van der Waals surface area (Å²) in [6.07, 6.45) is 3.49. The number of amides is 3. The molecule has 2 N–H and O–H groups in total. The van der Waals surface area contributed by atoms with E-state index in [1.54, 1.807) is 66.3 Å². The molecule has 1 unspecified atom stereocenters. The zero-order valence-electron chi connectivity index (χ0n) is 21.3. The number of para-hydroxylation sites is 2. The lowest BCUT2D eigenvalue weighted by molar-refractivity contribution is -0.684. The molecule has 1 aliphatic rings. The number of halogens is 1. The third kappa shape index (κ3) is 6.57. The van der Waals surface area contributed by atoms with Crippen LogP contribution in [-0.2, 0) is 20.9 Å². The lowest BCUT2D eigenvalue weighted by Gasteiger charge is -2.17. The van der Waals surface area contributed by atoms with Crippen LogP contribution in [0.2, 0.25) is 0 Å². The van der Waals surface area contributed by atoms with Crippen LogP contribution in [0, 0.1) is 5.92 Å². The highest BCUT2D eigenvalue weighted by Gasteiger charge is 2.41. The fourth-order valence-corrected chi connectivity index (χ4v) is 4.05. The number of aromatic nitrogens is 1. The second-order valence-electron chi connectivity index (χ2n) is 8.94. The van der Waals surface area contributed by atoms with Crippen molar-refractivity contribution in [2.24, 2.45) is 16.1 Å². The SMILES string of the molecule is CC1=NN(c2ccccc2)C(=O)C1/C(=N/NC(=O)C[n+]1ccccc1)C(=O)Nc1ccccc1C(C)C.[Br-]. The molecule has 0 radical (unpaired) electrons. The lowest BCUT2D eigenvalue weighted by Crippen LogP contribution is -3.00. The number of pyridine rings is 1. The Morgan fingerprint density at radius 1 is 1.00 bits per heavy atom. The number of nitrogens with one attached hydrogen (secondary N) is 2. The highest BCUT2D eigenvalue weighted by Crippen LogP contribution is 2.27. The quantitative estimate of drug-likeness (QED) is 0.228. The van der Waals surface area contributed by atoms with Gasteiger partial charge in [-0.25, -0.2) is 5.43 Å². The number of anilines is 2. The zero-order valence-corrected chi connectivity index (χ0v) is 22.9. The average Bonchev–Trinajstić information content (AvgIpc) is 3.19. The summed E-state index contributed by atoms with van der Waals surface area (Å²) in [6.45, 7) is 5.71. The molecule has 1 atom stereocenters. The maximum absolute atomic E-state index is 13.6. The van der Waals surface area contributed by atoms with Gasteiger partial charge in [0.1, 0.15) is 11.6 Å². The van der Waals surface area contributed by atoms with Crippen molar-refractivity contribution >= 4 is 40.5 Å². The van der Waals surface area contributed by atoms with Crippen molar-refractivity contribution in [3.63, 3.8) is 0 Å². The minimum atomic E-state index is -1.06. The van der Waals surface area contributed by atoms with Crippen LogP contribution >= 0.6 is 0 Å². The van der Waals surface area contributed by atoms with Crippen molar-refractivity contribution < 1.29 is 35.9 Å². The Bertz CT molecular complexity index is 1360. The van der Waals surface area contributed by atoms with Crippen molar-refractivity contribution in [2.45, 2.75) is 33.2 Å². The summed E-state index contributed by atoms with van der Waals surface area (Å²) < 4.78 is 1.67. The second-order valence-corrected chi connectivity index (χ2v) is 8.94. The number of hydrogen-bond donors (Lipinski definition) is 2. The Labute approximate surface area is 232 Å². The Morgan fingerprint density at radius 2 is 1.63 bits per heavy atom. The topological polar surface area (TPSA) is 107 Å². The number of hydrogen-bond acceptors (Lipinski definition) is 5. The molecule has 9 nitrogen and oxygen atoms in total. The number of hydrazone groups is 2. The largest absolute Gasteiger partial charge is 1.00 e. The summed E-state index contributed by atoms with van der Waals surface area (Å²) in [5.41, 5.74) is 4.82. The van der Waals surface area contributed by atoms with Crippen molar-refractivity contribution in [3.05, 3.63) is 90.8 Å². The van der Waals surface area contributed by atoms with Gasteiger partial charge in [0.2, 0.25) is 6.54 Å². The molecule has 196 valence electrons. The first-order valence-corrected chi connectivity index (χ1v) is 12.0. The van der Waals surface area contributed by atoms with Gasteiger partial charge in [0.05, 0.1) is 11.4 Å². The number of nitrogens with zero attached hydrogens (tertiary/aromatic N) is 4. The second kappa shape index (κ2) is 12.9. The fraction of sp³-hybridized carbons (Fsp3) is 0.214. The minimum Gasteiger partial charge on any atom is -1.00 e. The molecular weight excluding hydrogens is 548 g/mol. The average molecular weight is 577 g/mol. The molecule has 0 fully saturated rings. The smallest absolute Gasteiger partial charge is 0.305 e. The normalized spacial score (nSPS) is 15.1. The molecule has 1 aliphatic heterocycles. The molecule has 10 heteroatoms. The number of benzene rings is 2. The third-order valence-electron chi connectivity index (χ3n) is 5.87. The van der Waals surface area contributed by atoms with Gasteiger partial charge in [0, 0.05) is 17.8 Å². The summed E-state index contributed by atoms with van der Waals surface area (Å²) >= 11 is 0. The van der Waals surface area contributed by atoms with Crippen LogP contribution in [-0.4, -0.2) is 29.1 Å². The molecule has 4 rings (SSSR count). The van der Waals surface area contributed by atoms with Crippen LogP contribution in [0.3, 0.4) is 0 Å². The van der Waals surface area contributed by atoms with E-state index in [-0.39, 0.29) is 35.2 Å². The van der Waals surface area contributed by atoms with E-state index in [9.17, 15) is 14.4 Å². The van der Waals surface area contributed by atoms with Crippen LogP contribution < -0.4 is 37.3 Å². The predicted molar refractivity (Wildman–Crippen MR) is 142 cm³/mol. The maximum Gasteiger partial charge on any atom is 0.305 e. The van der Waals surface area contributed by atoms with E-state index in [1.807, 2.05) is 44.2 Å². The van der Waals surface area contributed by atoms with Crippen LogP contribution in [0.15, 0.2) is 95.4 Å². The maximum atomic E-state index is 13.6.